The number of benzene rings is 1. The van der Waals surface area contributed by atoms with Crippen molar-refractivity contribution in [2.24, 2.45) is 0 Å². The molecule has 92 valence electrons. The van der Waals surface area contributed by atoms with E-state index in [9.17, 15) is 12.8 Å². The van der Waals surface area contributed by atoms with Crippen molar-refractivity contribution in [1.82, 2.24) is 4.72 Å². The van der Waals surface area contributed by atoms with Crippen LogP contribution in [0.3, 0.4) is 0 Å². The first-order valence-corrected chi connectivity index (χ1v) is 6.69. The molecule has 0 unspecified atom stereocenters. The molecule has 1 rings (SSSR count). The maximum atomic E-state index is 13.2. The van der Waals surface area contributed by atoms with Gasteiger partial charge in [0.2, 0.25) is 10.0 Å². The second-order valence-electron chi connectivity index (χ2n) is 3.40. The molecule has 5 nitrogen and oxygen atoms in total. The number of hydrogen-bond acceptors (Lipinski definition) is 4. The number of anilines is 1. The lowest BCUT2D eigenvalue weighted by Gasteiger charge is -2.07. The van der Waals surface area contributed by atoms with Gasteiger partial charge in [0.25, 0.3) is 0 Å². The monoisotopic (exact) mass is 257 g/mol. The van der Waals surface area contributed by atoms with Gasteiger partial charge in [0.1, 0.15) is 11.9 Å². The molecule has 0 atom stereocenters. The van der Waals surface area contributed by atoms with Crippen LogP contribution in [-0.2, 0) is 10.0 Å². The molecule has 0 saturated heterocycles. The predicted molar refractivity (Wildman–Crippen MR) is 62.5 cm³/mol. The van der Waals surface area contributed by atoms with Gasteiger partial charge in [-0.2, -0.15) is 5.26 Å². The highest BCUT2D eigenvalue weighted by Crippen LogP contribution is 2.13. The van der Waals surface area contributed by atoms with Crippen LogP contribution >= 0.6 is 0 Å². The molecule has 1 aromatic rings. The van der Waals surface area contributed by atoms with Crippen molar-refractivity contribution in [1.29, 1.82) is 5.26 Å². The first-order chi connectivity index (χ1) is 7.92. The SMILES string of the molecule is CS(=O)(=O)NCCNc1ccc(C#N)c(F)c1. The molecule has 0 amide bonds. The first kappa shape index (κ1) is 13.4. The van der Waals surface area contributed by atoms with Gasteiger partial charge in [0.05, 0.1) is 11.8 Å². The second-order valence-corrected chi connectivity index (χ2v) is 5.23. The third kappa shape index (κ3) is 4.80. The van der Waals surface area contributed by atoms with Gasteiger partial charge in [-0.15, -0.1) is 0 Å². The molecule has 0 radical (unpaired) electrons. The van der Waals surface area contributed by atoms with E-state index in [1.54, 1.807) is 12.1 Å². The summed E-state index contributed by atoms with van der Waals surface area (Å²) in [5.74, 6) is -0.603. The van der Waals surface area contributed by atoms with Crippen LogP contribution in [0.4, 0.5) is 10.1 Å². The van der Waals surface area contributed by atoms with E-state index in [1.807, 2.05) is 0 Å². The Hall–Kier alpha value is -1.65. The van der Waals surface area contributed by atoms with Crippen LogP contribution in [-0.4, -0.2) is 27.8 Å². The van der Waals surface area contributed by atoms with Crippen molar-refractivity contribution in [2.75, 3.05) is 24.7 Å². The van der Waals surface area contributed by atoms with Gasteiger partial charge >= 0.3 is 0 Å². The molecule has 0 spiro atoms. The summed E-state index contributed by atoms with van der Waals surface area (Å²) in [6, 6.07) is 5.83. The Morgan fingerprint density at radius 2 is 2.12 bits per heavy atom. The topological polar surface area (TPSA) is 82.0 Å². The number of sulfonamides is 1. The summed E-state index contributed by atoms with van der Waals surface area (Å²) in [6.45, 7) is 0.541. The summed E-state index contributed by atoms with van der Waals surface area (Å²) >= 11 is 0. The Morgan fingerprint density at radius 1 is 1.41 bits per heavy atom. The maximum Gasteiger partial charge on any atom is 0.208 e. The fourth-order valence-electron chi connectivity index (χ4n) is 1.16. The molecule has 0 bridgehead atoms. The average molecular weight is 257 g/mol. The molecular formula is C10H12FN3O2S. The number of rotatable bonds is 5. The van der Waals surface area contributed by atoms with Crippen molar-refractivity contribution >= 4 is 15.7 Å². The number of nitrogens with zero attached hydrogens (tertiary/aromatic N) is 1. The highest BCUT2D eigenvalue weighted by molar-refractivity contribution is 7.88. The van der Waals surface area contributed by atoms with Crippen LogP contribution in [0.1, 0.15) is 5.56 Å². The highest BCUT2D eigenvalue weighted by atomic mass is 32.2. The van der Waals surface area contributed by atoms with Crippen molar-refractivity contribution in [3.63, 3.8) is 0 Å². The molecular weight excluding hydrogens is 245 g/mol. The third-order valence-corrected chi connectivity index (χ3v) is 2.64. The van der Waals surface area contributed by atoms with Gasteiger partial charge in [-0.05, 0) is 18.2 Å². The van der Waals surface area contributed by atoms with Crippen molar-refractivity contribution in [3.05, 3.63) is 29.6 Å². The van der Waals surface area contributed by atoms with Gasteiger partial charge < -0.3 is 5.32 Å². The van der Waals surface area contributed by atoms with Gasteiger partial charge in [0.15, 0.2) is 0 Å². The lowest BCUT2D eigenvalue weighted by molar-refractivity contribution is 0.589. The summed E-state index contributed by atoms with van der Waals surface area (Å²) in [7, 11) is -3.20. The lowest BCUT2D eigenvalue weighted by Crippen LogP contribution is -2.27. The van der Waals surface area contributed by atoms with Crippen molar-refractivity contribution < 1.29 is 12.8 Å². The van der Waals surface area contributed by atoms with Crippen LogP contribution in [0, 0.1) is 17.1 Å². The summed E-state index contributed by atoms with van der Waals surface area (Å²) in [4.78, 5) is 0. The average Bonchev–Trinajstić information content (AvgIpc) is 2.23. The normalized spacial score (nSPS) is 10.9. The molecule has 0 saturated carbocycles. The number of halogens is 1. The van der Waals surface area contributed by atoms with Gasteiger partial charge in [-0.1, -0.05) is 0 Å². The van der Waals surface area contributed by atoms with Crippen molar-refractivity contribution in [3.8, 4) is 6.07 Å². The smallest absolute Gasteiger partial charge is 0.208 e. The van der Waals surface area contributed by atoms with E-state index in [0.717, 1.165) is 6.26 Å². The molecule has 0 fully saturated rings. The summed E-state index contributed by atoms with van der Waals surface area (Å²) in [6.07, 6.45) is 1.06. The minimum atomic E-state index is -3.20. The van der Waals surface area contributed by atoms with Crippen LogP contribution in [0.2, 0.25) is 0 Å². The van der Waals surface area contributed by atoms with Crippen LogP contribution in [0.25, 0.3) is 0 Å². The van der Waals surface area contributed by atoms with Gasteiger partial charge in [-0.25, -0.2) is 17.5 Å². The Morgan fingerprint density at radius 3 is 2.65 bits per heavy atom. The lowest BCUT2D eigenvalue weighted by atomic mass is 10.2. The third-order valence-electron chi connectivity index (χ3n) is 1.91. The summed E-state index contributed by atoms with van der Waals surface area (Å²) in [5, 5.41) is 11.4. The Bertz CT molecular complexity index is 537. The molecule has 7 heteroatoms. The molecule has 0 aliphatic rings. The molecule has 0 aliphatic carbocycles. The summed E-state index contributed by atoms with van der Waals surface area (Å²) in [5.41, 5.74) is 0.474. The fourth-order valence-corrected chi connectivity index (χ4v) is 1.63. The van der Waals surface area contributed by atoms with E-state index in [1.165, 1.54) is 12.1 Å². The molecule has 17 heavy (non-hydrogen) atoms. The minimum Gasteiger partial charge on any atom is -0.384 e. The minimum absolute atomic E-state index is 0.0233. The molecule has 0 aliphatic heterocycles. The van der Waals surface area contributed by atoms with E-state index in [2.05, 4.69) is 10.0 Å². The van der Waals surface area contributed by atoms with E-state index in [4.69, 9.17) is 5.26 Å². The van der Waals surface area contributed by atoms with E-state index >= 15 is 0 Å². The second kappa shape index (κ2) is 5.61. The number of nitriles is 1. The van der Waals surface area contributed by atoms with E-state index in [0.29, 0.717) is 12.2 Å². The maximum absolute atomic E-state index is 13.2. The zero-order valence-electron chi connectivity index (χ0n) is 9.20. The Balaban J connectivity index is 2.48. The van der Waals surface area contributed by atoms with E-state index in [-0.39, 0.29) is 12.1 Å². The molecule has 2 N–H and O–H groups in total. The molecule has 1 aromatic carbocycles. The van der Waals surface area contributed by atoms with Crippen LogP contribution in [0.5, 0.6) is 0 Å². The van der Waals surface area contributed by atoms with E-state index < -0.39 is 15.8 Å². The highest BCUT2D eigenvalue weighted by Gasteiger charge is 2.02. The fraction of sp³-hybridized carbons (Fsp3) is 0.300. The Kier molecular flexibility index (Phi) is 4.43. The van der Waals surface area contributed by atoms with Crippen LogP contribution in [0.15, 0.2) is 18.2 Å². The largest absolute Gasteiger partial charge is 0.384 e. The predicted octanol–water partition coefficient (Wildman–Crippen LogP) is 0.658. The first-order valence-electron chi connectivity index (χ1n) is 4.80. The zero-order chi connectivity index (χ0) is 12.9. The standard InChI is InChI=1S/C10H12FN3O2S/c1-17(15,16)14-5-4-13-9-3-2-8(7-12)10(11)6-9/h2-3,6,13-14H,4-5H2,1H3. The molecule has 0 aromatic heterocycles. The zero-order valence-corrected chi connectivity index (χ0v) is 10.0. The Labute approximate surface area is 99.3 Å². The van der Waals surface area contributed by atoms with Crippen molar-refractivity contribution in [2.45, 2.75) is 0 Å². The quantitative estimate of drug-likeness (QED) is 0.759. The van der Waals surface area contributed by atoms with Gasteiger partial charge in [-0.3, -0.25) is 0 Å². The number of nitrogens with one attached hydrogen (secondary N) is 2. The van der Waals surface area contributed by atoms with Gasteiger partial charge in [0, 0.05) is 18.8 Å². The molecule has 0 heterocycles. The van der Waals surface area contributed by atoms with Crippen LogP contribution < -0.4 is 10.0 Å². The number of hydrogen-bond donors (Lipinski definition) is 2. The summed E-state index contributed by atoms with van der Waals surface area (Å²) < 4.78 is 37.0.